The monoisotopic (exact) mass is 498 g/mol. The maximum atomic E-state index is 12.4. The van der Waals surface area contributed by atoms with Crippen molar-refractivity contribution in [2.24, 2.45) is 0 Å². The zero-order valence-electron chi connectivity index (χ0n) is 18.6. The molecule has 4 aromatic rings. The Morgan fingerprint density at radius 1 is 1.24 bits per heavy atom. The quantitative estimate of drug-likeness (QED) is 0.299. The highest BCUT2D eigenvalue weighted by Gasteiger charge is 2.20. The molecule has 34 heavy (non-hydrogen) atoms. The van der Waals surface area contributed by atoms with Crippen molar-refractivity contribution in [1.82, 2.24) is 30.6 Å². The number of para-hydroxylation sites is 1. The fourth-order valence-electron chi connectivity index (χ4n) is 3.17. The van der Waals surface area contributed by atoms with Crippen molar-refractivity contribution in [3.8, 4) is 11.4 Å². The van der Waals surface area contributed by atoms with Gasteiger partial charge in [0.25, 0.3) is 17.4 Å². The van der Waals surface area contributed by atoms with Gasteiger partial charge in [0.2, 0.25) is 0 Å². The lowest BCUT2D eigenvalue weighted by Gasteiger charge is -2.12. The van der Waals surface area contributed by atoms with Crippen LogP contribution in [0.4, 0.5) is 0 Å². The predicted molar refractivity (Wildman–Crippen MR) is 131 cm³/mol. The van der Waals surface area contributed by atoms with Crippen molar-refractivity contribution < 1.29 is 14.7 Å². The van der Waals surface area contributed by atoms with E-state index in [-0.39, 0.29) is 17.0 Å². The molecule has 0 saturated carbocycles. The van der Waals surface area contributed by atoms with Gasteiger partial charge in [0.15, 0.2) is 11.4 Å². The van der Waals surface area contributed by atoms with E-state index in [0.29, 0.717) is 27.5 Å². The first-order valence-electron chi connectivity index (χ1n) is 10.3. The van der Waals surface area contributed by atoms with E-state index in [1.54, 1.807) is 31.2 Å². The third-order valence-electron chi connectivity index (χ3n) is 5.16. The van der Waals surface area contributed by atoms with Crippen molar-refractivity contribution >= 4 is 45.1 Å². The predicted octanol–water partition coefficient (Wildman–Crippen LogP) is 2.58. The molecule has 0 unspecified atom stereocenters. The van der Waals surface area contributed by atoms with Crippen molar-refractivity contribution in [3.63, 3.8) is 0 Å². The molecule has 0 aliphatic carbocycles. The van der Waals surface area contributed by atoms with Crippen LogP contribution in [0.15, 0.2) is 41.3 Å². The lowest BCUT2D eigenvalue weighted by Crippen LogP contribution is -2.45. The second-order valence-electron chi connectivity index (χ2n) is 7.52. The Balaban J connectivity index is 1.34. The van der Waals surface area contributed by atoms with Crippen LogP contribution in [0.2, 0.25) is 0 Å². The Kier molecular flexibility index (Phi) is 6.70. The molecule has 0 radical (unpaired) electrons. The zero-order chi connectivity index (χ0) is 24.4. The number of H-pyrrole nitrogens is 1. The number of carbonyl (C=O) groups is 2. The van der Waals surface area contributed by atoms with Crippen LogP contribution in [0.25, 0.3) is 15.9 Å². The van der Waals surface area contributed by atoms with E-state index >= 15 is 0 Å². The number of aromatic nitrogens is 4. The third kappa shape index (κ3) is 4.82. The second kappa shape index (κ2) is 9.69. The van der Waals surface area contributed by atoms with E-state index in [0.717, 1.165) is 10.4 Å². The molecule has 1 aromatic carbocycles. The first kappa shape index (κ1) is 23.5. The van der Waals surface area contributed by atoms with Crippen LogP contribution >= 0.6 is 23.1 Å². The molecule has 3 heterocycles. The van der Waals surface area contributed by atoms with Crippen LogP contribution < -0.4 is 16.4 Å². The first-order valence-corrected chi connectivity index (χ1v) is 12.2. The maximum absolute atomic E-state index is 12.4. The van der Waals surface area contributed by atoms with Crippen LogP contribution in [0.1, 0.15) is 33.7 Å². The number of hydrogen-bond acceptors (Lipinski definition) is 8. The Morgan fingerprint density at radius 3 is 2.71 bits per heavy atom. The molecule has 4 N–H and O–H groups in total. The van der Waals surface area contributed by atoms with Gasteiger partial charge in [-0.05, 0) is 38.5 Å². The minimum atomic E-state index is -0.752. The number of aromatic amines is 1. The minimum absolute atomic E-state index is 0.193. The summed E-state index contributed by atoms with van der Waals surface area (Å²) in [7, 11) is 0. The lowest BCUT2D eigenvalue weighted by molar-refractivity contribution is -0.121. The van der Waals surface area contributed by atoms with Gasteiger partial charge in [-0.3, -0.25) is 25.2 Å². The number of thioether (sulfide) groups is 1. The molecule has 176 valence electrons. The number of amides is 2. The highest BCUT2D eigenvalue weighted by atomic mass is 32.2. The number of aryl methyl sites for hydroxylation is 2. The summed E-state index contributed by atoms with van der Waals surface area (Å²) in [6, 6.07) is 8.99. The van der Waals surface area contributed by atoms with E-state index < -0.39 is 17.1 Å². The topological polar surface area (TPSA) is 142 Å². The molecule has 0 saturated heterocycles. The van der Waals surface area contributed by atoms with Gasteiger partial charge in [-0.25, -0.2) is 9.67 Å². The minimum Gasteiger partial charge on any atom is -0.504 e. The fraction of sp³-hybridized carbons (Fsp3) is 0.227. The molecule has 0 bridgehead atoms. The van der Waals surface area contributed by atoms with Crippen LogP contribution in [0.3, 0.4) is 0 Å². The van der Waals surface area contributed by atoms with Crippen LogP contribution in [-0.2, 0) is 10.5 Å². The van der Waals surface area contributed by atoms with Gasteiger partial charge >= 0.3 is 0 Å². The van der Waals surface area contributed by atoms with E-state index in [2.05, 4.69) is 25.9 Å². The fourth-order valence-corrected chi connectivity index (χ4v) is 4.97. The van der Waals surface area contributed by atoms with Crippen molar-refractivity contribution in [2.75, 3.05) is 0 Å². The summed E-state index contributed by atoms with van der Waals surface area (Å²) in [5.74, 6) is -0.734. The van der Waals surface area contributed by atoms with Crippen molar-refractivity contribution in [1.29, 1.82) is 0 Å². The van der Waals surface area contributed by atoms with Gasteiger partial charge in [0, 0.05) is 4.88 Å². The molecule has 3 aromatic heterocycles. The number of benzene rings is 1. The van der Waals surface area contributed by atoms with E-state index in [4.69, 9.17) is 0 Å². The van der Waals surface area contributed by atoms with Crippen molar-refractivity contribution in [3.05, 3.63) is 68.8 Å². The largest absolute Gasteiger partial charge is 0.504 e. The molecule has 0 spiro atoms. The number of nitrogens with zero attached hydrogens (tertiary/aromatic N) is 3. The van der Waals surface area contributed by atoms with Crippen LogP contribution in [-0.4, -0.2) is 41.9 Å². The molecule has 0 aliphatic rings. The molecule has 10 nitrogen and oxygen atoms in total. The standard InChI is InChI=1S/C22H22N6O4S2/c1-11-12(2)34-22-17(11)20(31)23-16(24-22)10-33-13(3)19(30)25-26-21(32)18-15(29)9-28(27-18)14-7-5-4-6-8-14/h4-9,13,29H,10H2,1-3H3,(H,25,30)(H,26,32)(H,23,24,31)/t13-/m1/s1. The Hall–Kier alpha value is -3.64. The van der Waals surface area contributed by atoms with Crippen LogP contribution in [0, 0.1) is 13.8 Å². The van der Waals surface area contributed by atoms with Gasteiger partial charge in [-0.15, -0.1) is 23.1 Å². The summed E-state index contributed by atoms with van der Waals surface area (Å²) in [5.41, 5.74) is 5.78. The second-order valence-corrected chi connectivity index (χ2v) is 10.0. The summed E-state index contributed by atoms with van der Waals surface area (Å²) >= 11 is 2.72. The normalized spacial score (nSPS) is 12.0. The Bertz CT molecular complexity index is 1430. The van der Waals surface area contributed by atoms with Gasteiger partial charge in [-0.1, -0.05) is 18.2 Å². The summed E-state index contributed by atoms with van der Waals surface area (Å²) in [5, 5.41) is 14.2. The van der Waals surface area contributed by atoms with Gasteiger partial charge in [-0.2, -0.15) is 5.10 Å². The number of hydrogen-bond donors (Lipinski definition) is 4. The third-order valence-corrected chi connectivity index (χ3v) is 7.41. The molecular weight excluding hydrogens is 476 g/mol. The van der Waals surface area contributed by atoms with E-state index in [1.165, 1.54) is 34.0 Å². The summed E-state index contributed by atoms with van der Waals surface area (Å²) in [4.78, 5) is 46.2. The highest BCUT2D eigenvalue weighted by Crippen LogP contribution is 2.26. The zero-order valence-corrected chi connectivity index (χ0v) is 20.2. The van der Waals surface area contributed by atoms with Gasteiger partial charge in [0.05, 0.1) is 28.3 Å². The summed E-state index contributed by atoms with van der Waals surface area (Å²) < 4.78 is 1.37. The van der Waals surface area contributed by atoms with E-state index in [9.17, 15) is 19.5 Å². The number of nitrogens with one attached hydrogen (secondary N) is 3. The number of hydrazine groups is 1. The Labute approximate surface area is 202 Å². The number of carbonyl (C=O) groups excluding carboxylic acids is 2. The average molecular weight is 499 g/mol. The summed E-state index contributed by atoms with van der Waals surface area (Å²) in [6.45, 7) is 5.51. The van der Waals surface area contributed by atoms with Crippen molar-refractivity contribution in [2.45, 2.75) is 31.8 Å². The maximum Gasteiger partial charge on any atom is 0.294 e. The highest BCUT2D eigenvalue weighted by molar-refractivity contribution is 7.99. The SMILES string of the molecule is Cc1sc2nc(CS[C@H](C)C(=O)NNC(=O)c3nn(-c4ccccc4)cc3O)[nH]c(=O)c2c1C. The number of fused-ring (bicyclic) bond motifs is 1. The lowest BCUT2D eigenvalue weighted by atomic mass is 10.2. The van der Waals surface area contributed by atoms with Gasteiger partial charge in [0.1, 0.15) is 10.7 Å². The molecule has 0 fully saturated rings. The molecule has 4 rings (SSSR count). The van der Waals surface area contributed by atoms with Crippen LogP contribution in [0.5, 0.6) is 5.75 Å². The molecular formula is C22H22N6O4S2. The average Bonchev–Trinajstić information content (AvgIpc) is 3.35. The first-order chi connectivity index (χ1) is 16.2. The number of rotatable bonds is 6. The van der Waals surface area contributed by atoms with Gasteiger partial charge < -0.3 is 10.1 Å². The number of thiophene rings is 1. The molecule has 12 heteroatoms. The number of aromatic hydroxyl groups is 1. The molecule has 2 amide bonds. The Morgan fingerprint density at radius 2 is 1.97 bits per heavy atom. The molecule has 1 atom stereocenters. The summed E-state index contributed by atoms with van der Waals surface area (Å²) in [6.07, 6.45) is 1.31. The van der Waals surface area contributed by atoms with E-state index in [1.807, 2.05) is 19.9 Å². The molecule has 0 aliphatic heterocycles. The smallest absolute Gasteiger partial charge is 0.294 e.